The summed E-state index contributed by atoms with van der Waals surface area (Å²) >= 11 is 0. The standard InChI is InChI=1S/C14H16N4O/c1-3-11-4-6-12(7-5-11)10-15-16-14(19)13-8-9-18(2)17-13/h4-10H,3H2,1-2H3,(H,16,19)/b15-10-. The van der Waals surface area contributed by atoms with E-state index in [1.165, 1.54) is 5.56 Å². The first-order valence-electron chi connectivity index (χ1n) is 6.11. The van der Waals surface area contributed by atoms with Crippen molar-refractivity contribution < 1.29 is 4.79 Å². The molecule has 0 bridgehead atoms. The molecule has 1 amide bonds. The molecule has 19 heavy (non-hydrogen) atoms. The first-order valence-corrected chi connectivity index (χ1v) is 6.11. The largest absolute Gasteiger partial charge is 0.291 e. The van der Waals surface area contributed by atoms with Crippen molar-refractivity contribution in [3.63, 3.8) is 0 Å². The number of amides is 1. The summed E-state index contributed by atoms with van der Waals surface area (Å²) in [4.78, 5) is 11.6. The van der Waals surface area contributed by atoms with Crippen LogP contribution in [-0.2, 0) is 13.5 Å². The highest BCUT2D eigenvalue weighted by atomic mass is 16.2. The minimum absolute atomic E-state index is 0.318. The number of hydrogen-bond donors (Lipinski definition) is 1. The monoisotopic (exact) mass is 256 g/mol. The summed E-state index contributed by atoms with van der Waals surface area (Å²) in [6.07, 6.45) is 4.33. The molecule has 0 unspecified atom stereocenters. The van der Waals surface area contributed by atoms with Gasteiger partial charge in [-0.05, 0) is 23.6 Å². The first-order chi connectivity index (χ1) is 9.19. The number of benzene rings is 1. The highest BCUT2D eigenvalue weighted by Gasteiger charge is 2.06. The molecule has 0 fully saturated rings. The van der Waals surface area contributed by atoms with Gasteiger partial charge in [-0.2, -0.15) is 10.2 Å². The van der Waals surface area contributed by atoms with Gasteiger partial charge < -0.3 is 0 Å². The normalized spacial score (nSPS) is 10.8. The molecule has 0 aliphatic heterocycles. The van der Waals surface area contributed by atoms with E-state index in [0.29, 0.717) is 5.69 Å². The number of nitrogens with one attached hydrogen (secondary N) is 1. The summed E-state index contributed by atoms with van der Waals surface area (Å²) < 4.78 is 1.57. The Hall–Kier alpha value is -2.43. The third kappa shape index (κ3) is 3.51. The second-order valence-electron chi connectivity index (χ2n) is 4.17. The van der Waals surface area contributed by atoms with Crippen LogP contribution in [0.4, 0.5) is 0 Å². The van der Waals surface area contributed by atoms with Gasteiger partial charge in [-0.1, -0.05) is 31.2 Å². The molecule has 0 atom stereocenters. The molecular weight excluding hydrogens is 240 g/mol. The second-order valence-corrected chi connectivity index (χ2v) is 4.17. The van der Waals surface area contributed by atoms with Crippen LogP contribution in [0.25, 0.3) is 0 Å². The summed E-state index contributed by atoms with van der Waals surface area (Å²) in [5.41, 5.74) is 5.01. The Morgan fingerprint density at radius 1 is 1.37 bits per heavy atom. The Bertz CT molecular complexity index is 584. The summed E-state index contributed by atoms with van der Waals surface area (Å²) in [5, 5.41) is 7.90. The Kier molecular flexibility index (Phi) is 4.07. The van der Waals surface area contributed by atoms with Gasteiger partial charge in [0, 0.05) is 13.2 Å². The van der Waals surface area contributed by atoms with Crippen LogP contribution in [0, 0.1) is 0 Å². The molecule has 2 rings (SSSR count). The van der Waals surface area contributed by atoms with Gasteiger partial charge in [0.1, 0.15) is 0 Å². The maximum Gasteiger partial charge on any atom is 0.291 e. The molecule has 5 heteroatoms. The maximum absolute atomic E-state index is 11.6. The zero-order valence-corrected chi connectivity index (χ0v) is 11.0. The van der Waals surface area contributed by atoms with Crippen LogP contribution in [0.2, 0.25) is 0 Å². The zero-order valence-electron chi connectivity index (χ0n) is 11.0. The zero-order chi connectivity index (χ0) is 13.7. The lowest BCUT2D eigenvalue weighted by molar-refractivity contribution is 0.0949. The van der Waals surface area contributed by atoms with Crippen molar-refractivity contribution >= 4 is 12.1 Å². The van der Waals surface area contributed by atoms with Crippen LogP contribution >= 0.6 is 0 Å². The average Bonchev–Trinajstić information content (AvgIpc) is 2.86. The van der Waals surface area contributed by atoms with E-state index in [0.717, 1.165) is 12.0 Å². The van der Waals surface area contributed by atoms with Crippen molar-refractivity contribution in [2.24, 2.45) is 12.1 Å². The summed E-state index contributed by atoms with van der Waals surface area (Å²) in [6, 6.07) is 9.66. The number of hydrogen-bond acceptors (Lipinski definition) is 3. The van der Waals surface area contributed by atoms with Gasteiger partial charge >= 0.3 is 0 Å². The van der Waals surface area contributed by atoms with Gasteiger partial charge in [0.25, 0.3) is 5.91 Å². The van der Waals surface area contributed by atoms with Gasteiger partial charge in [0.05, 0.1) is 6.21 Å². The Morgan fingerprint density at radius 3 is 2.68 bits per heavy atom. The van der Waals surface area contributed by atoms with Crippen LogP contribution < -0.4 is 5.43 Å². The van der Waals surface area contributed by atoms with Gasteiger partial charge in [-0.3, -0.25) is 9.48 Å². The third-order valence-corrected chi connectivity index (χ3v) is 2.71. The van der Waals surface area contributed by atoms with E-state index in [9.17, 15) is 4.79 Å². The van der Waals surface area contributed by atoms with Crippen molar-refractivity contribution in [2.75, 3.05) is 0 Å². The average molecular weight is 256 g/mol. The van der Waals surface area contributed by atoms with Crippen molar-refractivity contribution in [3.05, 3.63) is 53.3 Å². The fourth-order valence-corrected chi connectivity index (χ4v) is 1.60. The smallest absolute Gasteiger partial charge is 0.275 e. The summed E-state index contributed by atoms with van der Waals surface area (Å²) in [5.74, 6) is -0.318. The number of aromatic nitrogens is 2. The molecule has 1 N–H and O–H groups in total. The summed E-state index contributed by atoms with van der Waals surface area (Å²) in [7, 11) is 1.76. The number of nitrogens with zero attached hydrogens (tertiary/aromatic N) is 3. The molecule has 0 aliphatic carbocycles. The minimum atomic E-state index is -0.318. The van der Waals surface area contributed by atoms with E-state index in [1.54, 1.807) is 30.2 Å². The van der Waals surface area contributed by atoms with Crippen LogP contribution in [0.15, 0.2) is 41.6 Å². The van der Waals surface area contributed by atoms with Gasteiger partial charge in [-0.15, -0.1) is 0 Å². The maximum atomic E-state index is 11.6. The van der Waals surface area contributed by atoms with Crippen LogP contribution in [0.5, 0.6) is 0 Å². The molecule has 1 heterocycles. The predicted octanol–water partition coefficient (Wildman–Crippen LogP) is 1.75. The molecule has 0 radical (unpaired) electrons. The van der Waals surface area contributed by atoms with E-state index in [4.69, 9.17) is 0 Å². The van der Waals surface area contributed by atoms with Crippen LogP contribution in [-0.4, -0.2) is 21.9 Å². The number of carbonyl (C=O) groups excluding carboxylic acids is 1. The van der Waals surface area contributed by atoms with Gasteiger partial charge in [0.2, 0.25) is 0 Å². The molecule has 1 aromatic heterocycles. The van der Waals surface area contributed by atoms with Gasteiger partial charge in [-0.25, -0.2) is 5.43 Å². The molecule has 0 saturated carbocycles. The summed E-state index contributed by atoms with van der Waals surface area (Å²) in [6.45, 7) is 2.11. The van der Waals surface area contributed by atoms with Crippen LogP contribution in [0.1, 0.15) is 28.5 Å². The lowest BCUT2D eigenvalue weighted by Gasteiger charge is -1.98. The van der Waals surface area contributed by atoms with Crippen LogP contribution in [0.3, 0.4) is 0 Å². The van der Waals surface area contributed by atoms with E-state index in [-0.39, 0.29) is 5.91 Å². The van der Waals surface area contributed by atoms with Crippen molar-refractivity contribution in [1.82, 2.24) is 15.2 Å². The lowest BCUT2D eigenvalue weighted by Crippen LogP contribution is -2.18. The number of carbonyl (C=O) groups is 1. The number of hydrazone groups is 1. The molecule has 5 nitrogen and oxygen atoms in total. The Morgan fingerprint density at radius 2 is 2.11 bits per heavy atom. The van der Waals surface area contributed by atoms with Crippen molar-refractivity contribution in [3.8, 4) is 0 Å². The minimum Gasteiger partial charge on any atom is -0.275 e. The quantitative estimate of drug-likeness (QED) is 0.669. The van der Waals surface area contributed by atoms with Crippen molar-refractivity contribution in [1.29, 1.82) is 0 Å². The third-order valence-electron chi connectivity index (χ3n) is 2.71. The highest BCUT2D eigenvalue weighted by molar-refractivity contribution is 5.92. The molecule has 98 valence electrons. The highest BCUT2D eigenvalue weighted by Crippen LogP contribution is 2.02. The number of aryl methyl sites for hydroxylation is 2. The molecule has 2 aromatic rings. The van der Waals surface area contributed by atoms with E-state index in [1.807, 2.05) is 24.3 Å². The Balaban J connectivity index is 1.94. The van der Waals surface area contributed by atoms with Crippen molar-refractivity contribution in [2.45, 2.75) is 13.3 Å². The SMILES string of the molecule is CCc1ccc(/C=N\NC(=O)c2ccn(C)n2)cc1. The fraction of sp³-hybridized carbons (Fsp3) is 0.214. The molecule has 0 spiro atoms. The molecule has 0 aliphatic rings. The predicted molar refractivity (Wildman–Crippen MR) is 74.1 cm³/mol. The molecule has 0 saturated heterocycles. The first kappa shape index (κ1) is 13.0. The fourth-order valence-electron chi connectivity index (χ4n) is 1.60. The molecule has 1 aromatic carbocycles. The topological polar surface area (TPSA) is 59.3 Å². The second kappa shape index (κ2) is 5.95. The van der Waals surface area contributed by atoms with Gasteiger partial charge in [0.15, 0.2) is 5.69 Å². The van der Waals surface area contributed by atoms with E-state index in [2.05, 4.69) is 22.5 Å². The number of rotatable bonds is 4. The van der Waals surface area contributed by atoms with E-state index < -0.39 is 0 Å². The molecular formula is C14H16N4O. The van der Waals surface area contributed by atoms with E-state index >= 15 is 0 Å². The Labute approximate surface area is 111 Å². The lowest BCUT2D eigenvalue weighted by atomic mass is 10.1.